The van der Waals surface area contributed by atoms with Crippen LogP contribution in [-0.2, 0) is 11.4 Å². The zero-order valence-corrected chi connectivity index (χ0v) is 28.0. The highest BCUT2D eigenvalue weighted by molar-refractivity contribution is 6.23. The Morgan fingerprint density at radius 3 is 2.02 bits per heavy atom. The van der Waals surface area contributed by atoms with Gasteiger partial charge >= 0.3 is 0 Å². The van der Waals surface area contributed by atoms with Crippen molar-refractivity contribution in [3.05, 3.63) is 150 Å². The number of aliphatic imine (C=N–C) groups is 4. The number of rotatable bonds is 9. The Morgan fingerprint density at radius 1 is 0.680 bits per heavy atom. The van der Waals surface area contributed by atoms with Gasteiger partial charge in [0, 0.05) is 39.2 Å². The Balaban J connectivity index is 0.000000166. The zero-order valence-electron chi connectivity index (χ0n) is 28.0. The van der Waals surface area contributed by atoms with Gasteiger partial charge in [-0.15, -0.1) is 0 Å². The van der Waals surface area contributed by atoms with Gasteiger partial charge in [0.05, 0.1) is 34.3 Å². The molecule has 246 valence electrons. The molecule has 1 aliphatic rings. The predicted molar refractivity (Wildman–Crippen MR) is 212 cm³/mol. The molecule has 5 aromatic carbocycles. The van der Waals surface area contributed by atoms with Crippen molar-refractivity contribution in [2.45, 2.75) is 19.5 Å². The molecule has 7 heteroatoms. The van der Waals surface area contributed by atoms with E-state index in [2.05, 4.69) is 146 Å². The molecule has 0 saturated carbocycles. The molecule has 0 unspecified atom stereocenters. The van der Waals surface area contributed by atoms with E-state index in [0.29, 0.717) is 25.7 Å². The number of para-hydroxylation sites is 3. The summed E-state index contributed by atoms with van der Waals surface area (Å²) >= 11 is 0. The van der Waals surface area contributed by atoms with Crippen molar-refractivity contribution in [2.75, 3.05) is 13.2 Å². The quantitative estimate of drug-likeness (QED) is 0.0868. The zero-order chi connectivity index (χ0) is 34.3. The largest absolute Gasteiger partial charge is 0.494 e. The SMILES string of the molecule is C=NC(=NCCOC1=C(N=C)C=CCC1)c1ccccc1.C=NCn1c2ccccc2c2ccc3c4ccccc4n(-c4ccccc4)c3c21. The third-order valence-electron chi connectivity index (χ3n) is 8.90. The summed E-state index contributed by atoms with van der Waals surface area (Å²) in [6, 6.07) is 42.1. The van der Waals surface area contributed by atoms with Crippen molar-refractivity contribution < 1.29 is 4.74 Å². The van der Waals surface area contributed by atoms with E-state index in [4.69, 9.17) is 4.74 Å². The van der Waals surface area contributed by atoms with Crippen LogP contribution in [0.3, 0.4) is 0 Å². The van der Waals surface area contributed by atoms with Crippen LogP contribution in [0.25, 0.3) is 49.3 Å². The Hall–Kier alpha value is -6.34. The van der Waals surface area contributed by atoms with Gasteiger partial charge in [0.1, 0.15) is 19.0 Å². The first kappa shape index (κ1) is 32.2. The molecule has 0 aliphatic heterocycles. The number of amidine groups is 1. The lowest BCUT2D eigenvalue weighted by Crippen LogP contribution is -2.05. The second-order valence-corrected chi connectivity index (χ2v) is 11.8. The summed E-state index contributed by atoms with van der Waals surface area (Å²) in [5.41, 5.74) is 7.76. The Morgan fingerprint density at radius 2 is 1.32 bits per heavy atom. The minimum absolute atomic E-state index is 0.494. The van der Waals surface area contributed by atoms with Gasteiger partial charge in [-0.2, -0.15) is 0 Å². The first-order valence-corrected chi connectivity index (χ1v) is 16.7. The molecule has 0 bridgehead atoms. The van der Waals surface area contributed by atoms with Crippen molar-refractivity contribution in [1.29, 1.82) is 0 Å². The molecule has 0 fully saturated rings. The van der Waals surface area contributed by atoms with Crippen LogP contribution in [0.5, 0.6) is 0 Å². The van der Waals surface area contributed by atoms with Gasteiger partial charge in [0.25, 0.3) is 0 Å². The van der Waals surface area contributed by atoms with E-state index in [0.717, 1.165) is 35.5 Å². The van der Waals surface area contributed by atoms with Crippen LogP contribution in [-0.4, -0.2) is 48.3 Å². The normalized spacial score (nSPS) is 13.1. The fourth-order valence-corrected chi connectivity index (χ4v) is 6.74. The van der Waals surface area contributed by atoms with E-state index in [-0.39, 0.29) is 0 Å². The number of hydrogen-bond acceptors (Lipinski definition) is 4. The maximum absolute atomic E-state index is 5.74. The molecule has 2 heterocycles. The smallest absolute Gasteiger partial charge is 0.154 e. The summed E-state index contributed by atoms with van der Waals surface area (Å²) in [6.07, 6.45) is 5.85. The van der Waals surface area contributed by atoms with Crippen molar-refractivity contribution in [2.24, 2.45) is 20.0 Å². The third-order valence-corrected chi connectivity index (χ3v) is 8.90. The van der Waals surface area contributed by atoms with E-state index in [1.807, 2.05) is 36.4 Å². The number of ether oxygens (including phenoxy) is 1. The molecule has 2 aromatic heterocycles. The fourth-order valence-electron chi connectivity index (χ4n) is 6.74. The van der Waals surface area contributed by atoms with E-state index in [1.54, 1.807) is 0 Å². The maximum Gasteiger partial charge on any atom is 0.154 e. The molecule has 7 nitrogen and oxygen atoms in total. The summed E-state index contributed by atoms with van der Waals surface area (Å²) in [4.78, 5) is 16.6. The van der Waals surface area contributed by atoms with Crippen LogP contribution in [0.4, 0.5) is 0 Å². The lowest BCUT2D eigenvalue weighted by Gasteiger charge is -2.13. The molecule has 8 rings (SSSR count). The number of fused-ring (bicyclic) bond motifs is 7. The molecule has 0 atom stereocenters. The average Bonchev–Trinajstić information content (AvgIpc) is 3.69. The minimum Gasteiger partial charge on any atom is -0.494 e. The average molecular weight is 655 g/mol. The molecular formula is C43H38N6O. The van der Waals surface area contributed by atoms with Crippen LogP contribution in [0, 0.1) is 0 Å². The van der Waals surface area contributed by atoms with Gasteiger partial charge in [0.2, 0.25) is 0 Å². The van der Waals surface area contributed by atoms with Crippen LogP contribution < -0.4 is 0 Å². The highest BCUT2D eigenvalue weighted by Gasteiger charge is 2.19. The molecule has 0 saturated heterocycles. The van der Waals surface area contributed by atoms with Gasteiger partial charge in [0.15, 0.2) is 5.84 Å². The number of allylic oxidation sites excluding steroid dienone is 3. The summed E-state index contributed by atoms with van der Waals surface area (Å²) in [7, 11) is 0. The van der Waals surface area contributed by atoms with Gasteiger partial charge in [-0.1, -0.05) is 103 Å². The molecule has 0 spiro atoms. The van der Waals surface area contributed by atoms with Gasteiger partial charge in [-0.05, 0) is 56.9 Å². The van der Waals surface area contributed by atoms with Crippen LogP contribution in [0.1, 0.15) is 18.4 Å². The second kappa shape index (κ2) is 14.8. The van der Waals surface area contributed by atoms with Crippen molar-refractivity contribution in [3.8, 4) is 5.69 Å². The standard InChI is InChI=1S/C26H19N3.C17H19N3O/c1-27-17-28-23-13-7-5-11-19(23)21-15-16-22-20-12-6-8-14-24(20)29(26(22)25(21)28)18-9-3-2-4-10-18;1-18-15-10-6-7-11-16(15)21-13-12-20-17(19-2)14-8-4-3-5-9-14/h2-16H,1,17H2;3-6,8-10H,1-2,7,11-13H2. The van der Waals surface area contributed by atoms with Crippen molar-refractivity contribution in [3.63, 3.8) is 0 Å². The van der Waals surface area contributed by atoms with Gasteiger partial charge in [-0.3, -0.25) is 15.0 Å². The molecule has 7 aromatic rings. The monoisotopic (exact) mass is 654 g/mol. The fraction of sp³-hybridized carbons (Fsp3) is 0.116. The molecule has 0 N–H and O–H groups in total. The summed E-state index contributed by atoms with van der Waals surface area (Å²) < 4.78 is 10.4. The van der Waals surface area contributed by atoms with E-state index in [1.165, 1.54) is 43.6 Å². The summed E-state index contributed by atoms with van der Waals surface area (Å²) in [5.74, 6) is 1.52. The second-order valence-electron chi connectivity index (χ2n) is 11.8. The third kappa shape index (κ3) is 6.17. The topological polar surface area (TPSA) is 68.5 Å². The Bertz CT molecular complexity index is 2430. The molecular weight excluding hydrogens is 617 g/mol. The van der Waals surface area contributed by atoms with Crippen LogP contribution >= 0.6 is 0 Å². The number of nitrogens with zero attached hydrogens (tertiary/aromatic N) is 6. The lowest BCUT2D eigenvalue weighted by atomic mass is 10.1. The minimum atomic E-state index is 0.494. The number of hydrogen-bond donors (Lipinski definition) is 0. The van der Waals surface area contributed by atoms with Gasteiger partial charge < -0.3 is 13.9 Å². The number of benzene rings is 5. The molecule has 0 amide bonds. The summed E-state index contributed by atoms with van der Waals surface area (Å²) in [6.45, 7) is 12.4. The van der Waals surface area contributed by atoms with E-state index in [9.17, 15) is 0 Å². The van der Waals surface area contributed by atoms with E-state index >= 15 is 0 Å². The summed E-state index contributed by atoms with van der Waals surface area (Å²) in [5, 5.41) is 5.01. The molecule has 50 heavy (non-hydrogen) atoms. The maximum atomic E-state index is 5.74. The van der Waals surface area contributed by atoms with Crippen LogP contribution in [0.15, 0.2) is 165 Å². The van der Waals surface area contributed by atoms with Crippen LogP contribution in [0.2, 0.25) is 0 Å². The Kier molecular flexibility index (Phi) is 9.56. The molecule has 0 radical (unpaired) electrons. The van der Waals surface area contributed by atoms with Crippen molar-refractivity contribution in [1.82, 2.24) is 9.13 Å². The first-order valence-electron chi connectivity index (χ1n) is 16.7. The molecule has 1 aliphatic carbocycles. The van der Waals surface area contributed by atoms with Gasteiger partial charge in [-0.25, -0.2) is 4.99 Å². The predicted octanol–water partition coefficient (Wildman–Crippen LogP) is 9.96. The van der Waals surface area contributed by atoms with Crippen molar-refractivity contribution >= 4 is 69.6 Å². The number of aromatic nitrogens is 2. The highest BCUT2D eigenvalue weighted by atomic mass is 16.5. The lowest BCUT2D eigenvalue weighted by molar-refractivity contribution is 0.207. The highest BCUT2D eigenvalue weighted by Crippen LogP contribution is 2.40. The van der Waals surface area contributed by atoms with E-state index < -0.39 is 0 Å². The Labute approximate surface area is 291 Å². The first-order chi connectivity index (χ1) is 24.7.